The lowest BCUT2D eigenvalue weighted by Gasteiger charge is -2.34. The molecule has 0 saturated heterocycles. The Morgan fingerprint density at radius 1 is 1.60 bits per heavy atom. The van der Waals surface area contributed by atoms with E-state index in [0.29, 0.717) is 0 Å². The first-order valence-corrected chi connectivity index (χ1v) is 7.15. The zero-order chi connectivity index (χ0) is 10.9. The van der Waals surface area contributed by atoms with E-state index in [1.807, 2.05) is 5.38 Å². The third-order valence-corrected chi connectivity index (χ3v) is 5.13. The van der Waals surface area contributed by atoms with Crippen LogP contribution >= 0.6 is 27.3 Å². The monoisotopic (exact) mass is 289 g/mol. The van der Waals surface area contributed by atoms with E-state index in [-0.39, 0.29) is 0 Å². The Labute approximate surface area is 103 Å². The van der Waals surface area contributed by atoms with Crippen LogP contribution in [0.3, 0.4) is 0 Å². The molecule has 0 amide bonds. The summed E-state index contributed by atoms with van der Waals surface area (Å²) < 4.78 is 0.841. The van der Waals surface area contributed by atoms with Gasteiger partial charge in [-0.3, -0.25) is 0 Å². The number of aromatic nitrogens is 1. The van der Waals surface area contributed by atoms with Crippen LogP contribution in [-0.4, -0.2) is 10.1 Å². The molecule has 0 radical (unpaired) electrons. The molecule has 1 N–H and O–H groups in total. The first-order valence-electron chi connectivity index (χ1n) is 5.48. The summed E-state index contributed by atoms with van der Waals surface area (Å²) in [5.74, 6) is 0.800. The van der Waals surface area contributed by atoms with Crippen molar-refractivity contribution in [2.75, 3.05) is 0 Å². The Morgan fingerprint density at radius 2 is 2.27 bits per heavy atom. The van der Waals surface area contributed by atoms with Crippen molar-refractivity contribution in [3.05, 3.63) is 15.0 Å². The minimum absolute atomic E-state index is 0.650. The number of nitrogens with zero attached hydrogens (tertiary/aromatic N) is 1. The van der Waals surface area contributed by atoms with Gasteiger partial charge in [0.05, 0.1) is 0 Å². The van der Waals surface area contributed by atoms with E-state index >= 15 is 0 Å². The number of rotatable bonds is 2. The van der Waals surface area contributed by atoms with Crippen LogP contribution in [0.1, 0.15) is 44.0 Å². The van der Waals surface area contributed by atoms with Gasteiger partial charge in [-0.2, -0.15) is 0 Å². The Morgan fingerprint density at radius 3 is 2.73 bits per heavy atom. The molecule has 1 fully saturated rings. The normalized spacial score (nSPS) is 31.8. The summed E-state index contributed by atoms with van der Waals surface area (Å²) in [5, 5.41) is 13.3. The van der Waals surface area contributed by atoms with Crippen LogP contribution in [0.4, 0.5) is 0 Å². The second-order valence-corrected chi connectivity index (χ2v) is 6.03. The molecule has 0 atom stereocenters. The smallest absolute Gasteiger partial charge is 0.126 e. The Balaban J connectivity index is 2.09. The molecule has 4 heteroatoms. The van der Waals surface area contributed by atoms with Crippen LogP contribution in [0.15, 0.2) is 9.98 Å². The molecule has 2 rings (SSSR count). The molecule has 1 aliphatic rings. The van der Waals surface area contributed by atoms with Crippen LogP contribution < -0.4 is 0 Å². The lowest BCUT2D eigenvalue weighted by Crippen LogP contribution is -2.31. The minimum atomic E-state index is -0.650. The maximum Gasteiger partial charge on any atom is 0.126 e. The van der Waals surface area contributed by atoms with Gasteiger partial charge < -0.3 is 5.11 Å². The maximum atomic E-state index is 10.5. The first-order chi connectivity index (χ1) is 7.14. The van der Waals surface area contributed by atoms with Gasteiger partial charge in [-0.25, -0.2) is 4.98 Å². The van der Waals surface area contributed by atoms with Gasteiger partial charge in [-0.15, -0.1) is 11.3 Å². The predicted molar refractivity (Wildman–Crippen MR) is 66.0 cm³/mol. The van der Waals surface area contributed by atoms with Crippen molar-refractivity contribution in [3.8, 4) is 0 Å². The Kier molecular flexibility index (Phi) is 3.48. The van der Waals surface area contributed by atoms with Crippen molar-refractivity contribution in [3.63, 3.8) is 0 Å². The van der Waals surface area contributed by atoms with E-state index in [1.54, 1.807) is 11.3 Å². The highest BCUT2D eigenvalue weighted by atomic mass is 79.9. The largest absolute Gasteiger partial charge is 0.383 e. The highest BCUT2D eigenvalue weighted by molar-refractivity contribution is 9.10. The molecule has 1 aliphatic carbocycles. The van der Waals surface area contributed by atoms with E-state index < -0.39 is 5.60 Å². The van der Waals surface area contributed by atoms with Gasteiger partial charge in [0.25, 0.3) is 0 Å². The SMILES string of the molecule is CCC1CCC(O)(c2nc(Br)cs2)CC1. The summed E-state index contributed by atoms with van der Waals surface area (Å²) in [6.07, 6.45) is 5.23. The van der Waals surface area contributed by atoms with Gasteiger partial charge in [0.15, 0.2) is 0 Å². The summed E-state index contributed by atoms with van der Waals surface area (Å²) >= 11 is 4.89. The van der Waals surface area contributed by atoms with Gasteiger partial charge >= 0.3 is 0 Å². The molecule has 0 bridgehead atoms. The van der Waals surface area contributed by atoms with Crippen molar-refractivity contribution in [1.82, 2.24) is 4.98 Å². The number of aliphatic hydroxyl groups is 1. The number of halogens is 1. The standard InChI is InChI=1S/C11H16BrNOS/c1-2-8-3-5-11(14,6-4-8)10-13-9(12)7-15-10/h7-8,14H,2-6H2,1H3. The summed E-state index contributed by atoms with van der Waals surface area (Å²) in [5.41, 5.74) is -0.650. The average molecular weight is 290 g/mol. The molecule has 1 aromatic rings. The predicted octanol–water partition coefficient (Wildman–Crippen LogP) is 3.69. The molecule has 1 aromatic heterocycles. The molecule has 1 saturated carbocycles. The van der Waals surface area contributed by atoms with E-state index in [9.17, 15) is 5.11 Å². The van der Waals surface area contributed by atoms with Crippen molar-refractivity contribution in [2.24, 2.45) is 5.92 Å². The van der Waals surface area contributed by atoms with Crippen LogP contribution in [-0.2, 0) is 5.60 Å². The van der Waals surface area contributed by atoms with E-state index in [0.717, 1.165) is 41.2 Å². The van der Waals surface area contributed by atoms with Crippen LogP contribution in [0.5, 0.6) is 0 Å². The molecule has 84 valence electrons. The molecule has 0 unspecified atom stereocenters. The fourth-order valence-corrected chi connectivity index (χ4v) is 3.66. The van der Waals surface area contributed by atoms with Gasteiger partial charge in [-0.1, -0.05) is 13.3 Å². The van der Waals surface area contributed by atoms with Crippen molar-refractivity contribution in [1.29, 1.82) is 0 Å². The molecular weight excluding hydrogens is 274 g/mol. The fourth-order valence-electron chi connectivity index (χ4n) is 2.25. The lowest BCUT2D eigenvalue weighted by atomic mass is 9.78. The van der Waals surface area contributed by atoms with E-state index in [2.05, 4.69) is 27.8 Å². The highest BCUT2D eigenvalue weighted by Gasteiger charge is 2.36. The zero-order valence-electron chi connectivity index (χ0n) is 8.87. The quantitative estimate of drug-likeness (QED) is 0.901. The first kappa shape index (κ1) is 11.6. The number of hydrogen-bond donors (Lipinski definition) is 1. The topological polar surface area (TPSA) is 33.1 Å². The number of thiazole rings is 1. The second kappa shape index (κ2) is 4.52. The molecular formula is C11H16BrNOS. The molecule has 15 heavy (non-hydrogen) atoms. The van der Waals surface area contributed by atoms with Gasteiger partial charge in [0, 0.05) is 5.38 Å². The molecule has 2 nitrogen and oxygen atoms in total. The number of hydrogen-bond acceptors (Lipinski definition) is 3. The summed E-state index contributed by atoms with van der Waals surface area (Å²) in [4.78, 5) is 4.34. The fraction of sp³-hybridized carbons (Fsp3) is 0.727. The Hall–Kier alpha value is 0.0700. The third kappa shape index (κ3) is 2.43. The molecule has 1 heterocycles. The second-order valence-electron chi connectivity index (χ2n) is 4.36. The maximum absolute atomic E-state index is 10.5. The Bertz CT molecular complexity index is 331. The van der Waals surface area contributed by atoms with Crippen LogP contribution in [0.25, 0.3) is 0 Å². The summed E-state index contributed by atoms with van der Waals surface area (Å²) in [6.45, 7) is 2.23. The van der Waals surface area contributed by atoms with Crippen molar-refractivity contribution < 1.29 is 5.11 Å². The van der Waals surface area contributed by atoms with Gasteiger partial charge in [0.2, 0.25) is 0 Å². The molecule has 0 aromatic carbocycles. The third-order valence-electron chi connectivity index (χ3n) is 3.38. The van der Waals surface area contributed by atoms with E-state index in [1.165, 1.54) is 6.42 Å². The summed E-state index contributed by atoms with van der Waals surface area (Å²) in [6, 6.07) is 0. The lowest BCUT2D eigenvalue weighted by molar-refractivity contribution is -0.0148. The van der Waals surface area contributed by atoms with Gasteiger partial charge in [-0.05, 0) is 47.5 Å². The summed E-state index contributed by atoms with van der Waals surface area (Å²) in [7, 11) is 0. The van der Waals surface area contributed by atoms with Crippen molar-refractivity contribution in [2.45, 2.75) is 44.6 Å². The van der Waals surface area contributed by atoms with Gasteiger partial charge in [0.1, 0.15) is 15.2 Å². The molecule has 0 aliphatic heterocycles. The van der Waals surface area contributed by atoms with Crippen LogP contribution in [0.2, 0.25) is 0 Å². The minimum Gasteiger partial charge on any atom is -0.383 e. The average Bonchev–Trinajstić information content (AvgIpc) is 2.67. The zero-order valence-corrected chi connectivity index (χ0v) is 11.3. The van der Waals surface area contributed by atoms with Crippen molar-refractivity contribution >= 4 is 27.3 Å². The van der Waals surface area contributed by atoms with Crippen LogP contribution in [0, 0.1) is 5.92 Å². The highest BCUT2D eigenvalue weighted by Crippen LogP contribution is 2.41. The van der Waals surface area contributed by atoms with E-state index in [4.69, 9.17) is 0 Å². The molecule has 0 spiro atoms.